The lowest BCUT2D eigenvalue weighted by Crippen LogP contribution is -2.25. The summed E-state index contributed by atoms with van der Waals surface area (Å²) in [5.74, 6) is 0.103. The third-order valence-electron chi connectivity index (χ3n) is 2.10. The molecule has 0 amide bonds. The lowest BCUT2D eigenvalue weighted by Gasteiger charge is -2.21. The number of rotatable bonds is 4. The molecule has 0 saturated carbocycles. The average Bonchev–Trinajstić information content (AvgIpc) is 2.16. The molecule has 0 aliphatic rings. The predicted molar refractivity (Wildman–Crippen MR) is 71.1 cm³/mol. The number of sulfone groups is 1. The molecule has 0 spiro atoms. The molecule has 0 atom stereocenters. The lowest BCUT2D eigenvalue weighted by atomic mass is 10.0. The highest BCUT2D eigenvalue weighted by Crippen LogP contribution is 2.25. The zero-order valence-corrected chi connectivity index (χ0v) is 12.4. The highest BCUT2D eigenvalue weighted by atomic mass is 79.9. The minimum atomic E-state index is -3.27. The van der Waals surface area contributed by atoms with Crippen molar-refractivity contribution in [2.75, 3.05) is 11.1 Å². The zero-order valence-electron chi connectivity index (χ0n) is 9.20. The summed E-state index contributed by atoms with van der Waals surface area (Å²) in [7, 11) is -3.27. The fraction of sp³-hybridized carbons (Fsp3) is 0.455. The van der Waals surface area contributed by atoms with E-state index in [2.05, 4.69) is 15.9 Å². The first-order valence-corrected chi connectivity index (χ1v) is 7.96. The van der Waals surface area contributed by atoms with E-state index in [4.69, 9.17) is 11.6 Å². The first-order valence-electron chi connectivity index (χ1n) is 4.81. The van der Waals surface area contributed by atoms with Gasteiger partial charge in [0.05, 0.1) is 10.6 Å². The lowest BCUT2D eigenvalue weighted by molar-refractivity contribution is 0.475. The molecule has 1 aromatic rings. The topological polar surface area (TPSA) is 34.1 Å². The minimum absolute atomic E-state index is 0.103. The van der Waals surface area contributed by atoms with Crippen LogP contribution >= 0.6 is 27.5 Å². The van der Waals surface area contributed by atoms with Gasteiger partial charge in [0.2, 0.25) is 0 Å². The van der Waals surface area contributed by atoms with Crippen molar-refractivity contribution < 1.29 is 8.42 Å². The van der Waals surface area contributed by atoms with Gasteiger partial charge < -0.3 is 0 Å². The van der Waals surface area contributed by atoms with Gasteiger partial charge in [-0.1, -0.05) is 47.4 Å². The van der Waals surface area contributed by atoms with Gasteiger partial charge >= 0.3 is 0 Å². The van der Waals surface area contributed by atoms with Crippen molar-refractivity contribution in [3.05, 3.63) is 29.3 Å². The van der Waals surface area contributed by atoms with E-state index in [9.17, 15) is 8.42 Å². The molecule has 0 radical (unpaired) electrons. The number of halogens is 2. The molecule has 0 heterocycles. The maximum Gasteiger partial charge on any atom is 0.178 e. The van der Waals surface area contributed by atoms with Gasteiger partial charge in [0, 0.05) is 10.4 Å². The first-order chi connectivity index (χ1) is 7.27. The molecule has 0 aliphatic heterocycles. The summed E-state index contributed by atoms with van der Waals surface area (Å²) in [5, 5.41) is 1.08. The summed E-state index contributed by atoms with van der Waals surface area (Å²) in [6.07, 6.45) is 0. The molecule has 16 heavy (non-hydrogen) atoms. The van der Waals surface area contributed by atoms with Gasteiger partial charge in [0.1, 0.15) is 0 Å². The molecule has 5 heteroatoms. The van der Waals surface area contributed by atoms with E-state index in [-0.39, 0.29) is 16.1 Å². The van der Waals surface area contributed by atoms with Crippen molar-refractivity contribution in [2.24, 2.45) is 5.41 Å². The van der Waals surface area contributed by atoms with E-state index in [1.54, 1.807) is 18.2 Å². The van der Waals surface area contributed by atoms with Crippen LogP contribution in [0.15, 0.2) is 29.2 Å². The molecule has 0 bridgehead atoms. The van der Waals surface area contributed by atoms with Crippen LogP contribution in [0.1, 0.15) is 13.8 Å². The summed E-state index contributed by atoms with van der Waals surface area (Å²) in [6.45, 7) is 3.81. The van der Waals surface area contributed by atoms with Crippen LogP contribution in [0.3, 0.4) is 0 Å². The van der Waals surface area contributed by atoms with Crippen molar-refractivity contribution in [3.8, 4) is 0 Å². The fourth-order valence-corrected chi connectivity index (χ4v) is 3.90. The number of hydrogen-bond acceptors (Lipinski definition) is 2. The van der Waals surface area contributed by atoms with Crippen LogP contribution < -0.4 is 0 Å². The molecule has 1 aromatic carbocycles. The Morgan fingerprint density at radius 2 is 2.00 bits per heavy atom. The molecule has 0 saturated heterocycles. The molecule has 0 fully saturated rings. The summed E-state index contributed by atoms with van der Waals surface area (Å²) in [5.41, 5.74) is -0.291. The largest absolute Gasteiger partial charge is 0.224 e. The Hall–Kier alpha value is -0.0600. The fourth-order valence-electron chi connectivity index (χ4n) is 1.30. The minimum Gasteiger partial charge on any atom is -0.224 e. The highest BCUT2D eigenvalue weighted by molar-refractivity contribution is 9.09. The predicted octanol–water partition coefficient (Wildman–Crippen LogP) is 3.53. The van der Waals surface area contributed by atoms with Crippen LogP contribution in [0.25, 0.3) is 0 Å². The van der Waals surface area contributed by atoms with Crippen LogP contribution in [0.5, 0.6) is 0 Å². The van der Waals surface area contributed by atoms with Gasteiger partial charge in [-0.2, -0.15) is 0 Å². The van der Waals surface area contributed by atoms with Gasteiger partial charge in [-0.05, 0) is 23.6 Å². The Bertz CT molecular complexity index is 469. The summed E-state index contributed by atoms with van der Waals surface area (Å²) < 4.78 is 24.2. The van der Waals surface area contributed by atoms with Gasteiger partial charge in [-0.15, -0.1) is 0 Å². The maximum atomic E-state index is 12.1. The van der Waals surface area contributed by atoms with Crippen molar-refractivity contribution in [1.29, 1.82) is 0 Å². The van der Waals surface area contributed by atoms with Crippen LogP contribution in [0.2, 0.25) is 5.02 Å². The second kappa shape index (κ2) is 5.07. The Kier molecular flexibility index (Phi) is 4.43. The molecule has 1 rings (SSSR count). The third kappa shape index (κ3) is 3.75. The molecule has 0 unspecified atom stereocenters. The standard InChI is InChI=1S/C11H14BrClO2S/c1-11(2,7-12)8-16(14,15)10-5-3-4-9(13)6-10/h3-6H,7-8H2,1-2H3. The first kappa shape index (κ1) is 14.0. The van der Waals surface area contributed by atoms with E-state index < -0.39 is 9.84 Å². The Balaban J connectivity index is 3.04. The number of hydrogen-bond donors (Lipinski definition) is 0. The molecule has 90 valence electrons. The Morgan fingerprint density at radius 1 is 1.38 bits per heavy atom. The van der Waals surface area contributed by atoms with Crippen LogP contribution in [0, 0.1) is 5.41 Å². The third-order valence-corrected chi connectivity index (χ3v) is 5.98. The van der Waals surface area contributed by atoms with Crippen molar-refractivity contribution in [1.82, 2.24) is 0 Å². The summed E-state index contributed by atoms with van der Waals surface area (Å²) in [4.78, 5) is 0.286. The van der Waals surface area contributed by atoms with Gasteiger partial charge in [0.25, 0.3) is 0 Å². The van der Waals surface area contributed by atoms with E-state index >= 15 is 0 Å². The Morgan fingerprint density at radius 3 is 2.50 bits per heavy atom. The molecular formula is C11H14BrClO2S. The molecule has 2 nitrogen and oxygen atoms in total. The monoisotopic (exact) mass is 324 g/mol. The van der Waals surface area contributed by atoms with Gasteiger partial charge in [-0.3, -0.25) is 0 Å². The quantitative estimate of drug-likeness (QED) is 0.794. The van der Waals surface area contributed by atoms with E-state index in [0.29, 0.717) is 10.4 Å². The smallest absolute Gasteiger partial charge is 0.178 e. The number of alkyl halides is 1. The van der Waals surface area contributed by atoms with Crippen LogP contribution in [-0.4, -0.2) is 19.5 Å². The van der Waals surface area contributed by atoms with E-state index in [1.807, 2.05) is 13.8 Å². The second-order valence-electron chi connectivity index (χ2n) is 4.51. The van der Waals surface area contributed by atoms with Crippen LogP contribution in [-0.2, 0) is 9.84 Å². The Labute approximate surface area is 110 Å². The maximum absolute atomic E-state index is 12.1. The summed E-state index contributed by atoms with van der Waals surface area (Å²) in [6, 6.07) is 6.37. The normalized spacial score (nSPS) is 12.8. The van der Waals surface area contributed by atoms with Gasteiger partial charge in [-0.25, -0.2) is 8.42 Å². The van der Waals surface area contributed by atoms with Gasteiger partial charge in [0.15, 0.2) is 9.84 Å². The second-order valence-corrected chi connectivity index (χ2v) is 7.50. The van der Waals surface area contributed by atoms with E-state index in [0.717, 1.165) is 0 Å². The van der Waals surface area contributed by atoms with Crippen molar-refractivity contribution in [3.63, 3.8) is 0 Å². The zero-order chi connectivity index (χ0) is 12.4. The summed E-state index contributed by atoms with van der Waals surface area (Å²) >= 11 is 9.10. The molecule has 0 N–H and O–H groups in total. The molecular weight excluding hydrogens is 312 g/mol. The molecule has 0 aliphatic carbocycles. The van der Waals surface area contributed by atoms with Crippen molar-refractivity contribution >= 4 is 37.4 Å². The van der Waals surface area contributed by atoms with Crippen LogP contribution in [0.4, 0.5) is 0 Å². The molecule has 0 aromatic heterocycles. The van der Waals surface area contributed by atoms with E-state index in [1.165, 1.54) is 6.07 Å². The SMILES string of the molecule is CC(C)(CBr)CS(=O)(=O)c1cccc(Cl)c1. The van der Waals surface area contributed by atoms with Crippen molar-refractivity contribution in [2.45, 2.75) is 18.7 Å². The highest BCUT2D eigenvalue weighted by Gasteiger charge is 2.26. The number of benzene rings is 1. The average molecular weight is 326 g/mol.